The monoisotopic (exact) mass is 277 g/mol. The largest absolute Gasteiger partial charge is 0.316 e. The molecule has 0 unspecified atom stereocenters. The summed E-state index contributed by atoms with van der Waals surface area (Å²) in [7, 11) is 0. The van der Waals surface area contributed by atoms with E-state index < -0.39 is 0 Å². The Hall–Kier alpha value is -1.61. The fraction of sp³-hybridized carbons (Fsp3) is 0.267. The normalized spacial score (nSPS) is 14.6. The van der Waals surface area contributed by atoms with Crippen LogP contribution < -0.4 is 0 Å². The maximum absolute atomic E-state index is 13.4. The molecule has 0 atom stereocenters. The molecule has 1 heterocycles. The average Bonchev–Trinajstić information content (AvgIpc) is 2.70. The maximum Gasteiger partial charge on any atom is 0.164 e. The van der Waals surface area contributed by atoms with Gasteiger partial charge in [-0.25, -0.2) is 4.39 Å². The van der Waals surface area contributed by atoms with Gasteiger partial charge in [-0.1, -0.05) is 11.6 Å². The Bertz CT molecular complexity index is 675. The van der Waals surface area contributed by atoms with Gasteiger partial charge in [-0.05, 0) is 44.0 Å². The second kappa shape index (κ2) is 4.49. The first kappa shape index (κ1) is 12.4. The van der Waals surface area contributed by atoms with Gasteiger partial charge in [0.1, 0.15) is 5.82 Å². The second-order valence-corrected chi connectivity index (χ2v) is 5.26. The SMILES string of the molecule is Cc1cc2c(n1-c1cc(F)ccc1Cl)CCCC2=O. The first-order valence-electron chi connectivity index (χ1n) is 6.28. The van der Waals surface area contributed by atoms with Crippen molar-refractivity contribution in [1.82, 2.24) is 4.57 Å². The topological polar surface area (TPSA) is 22.0 Å². The van der Waals surface area contributed by atoms with E-state index in [4.69, 9.17) is 11.6 Å². The number of rotatable bonds is 1. The molecule has 0 aliphatic heterocycles. The smallest absolute Gasteiger partial charge is 0.164 e. The highest BCUT2D eigenvalue weighted by Gasteiger charge is 2.24. The van der Waals surface area contributed by atoms with E-state index in [9.17, 15) is 9.18 Å². The van der Waals surface area contributed by atoms with Crippen molar-refractivity contribution in [2.75, 3.05) is 0 Å². The lowest BCUT2D eigenvalue weighted by molar-refractivity contribution is 0.0972. The van der Waals surface area contributed by atoms with E-state index in [0.29, 0.717) is 17.1 Å². The number of hydrogen-bond donors (Lipinski definition) is 0. The Kier molecular flexibility index (Phi) is 2.94. The Morgan fingerprint density at radius 1 is 1.26 bits per heavy atom. The van der Waals surface area contributed by atoms with Crippen molar-refractivity contribution < 1.29 is 9.18 Å². The Morgan fingerprint density at radius 2 is 2.05 bits per heavy atom. The van der Waals surface area contributed by atoms with E-state index in [-0.39, 0.29) is 11.6 Å². The zero-order valence-corrected chi connectivity index (χ0v) is 11.3. The lowest BCUT2D eigenvalue weighted by Crippen LogP contribution is -2.13. The lowest BCUT2D eigenvalue weighted by Gasteiger charge is -2.17. The van der Waals surface area contributed by atoms with E-state index in [1.807, 2.05) is 17.6 Å². The Morgan fingerprint density at radius 3 is 2.84 bits per heavy atom. The highest BCUT2D eigenvalue weighted by Crippen LogP contribution is 2.31. The Balaban J connectivity index is 2.26. The van der Waals surface area contributed by atoms with Crippen molar-refractivity contribution in [3.05, 3.63) is 52.1 Å². The number of nitrogens with zero attached hydrogens (tertiary/aromatic N) is 1. The molecule has 3 rings (SSSR count). The van der Waals surface area contributed by atoms with Crippen LogP contribution in [0.25, 0.3) is 5.69 Å². The number of carbonyl (C=O) groups is 1. The van der Waals surface area contributed by atoms with E-state index in [1.165, 1.54) is 12.1 Å². The van der Waals surface area contributed by atoms with Gasteiger partial charge in [0, 0.05) is 23.4 Å². The highest BCUT2D eigenvalue weighted by atomic mass is 35.5. The van der Waals surface area contributed by atoms with Crippen LogP contribution in [0.5, 0.6) is 0 Å². The quantitative estimate of drug-likeness (QED) is 0.769. The summed E-state index contributed by atoms with van der Waals surface area (Å²) in [5.74, 6) is -0.168. The van der Waals surface area contributed by atoms with Crippen LogP contribution in [-0.4, -0.2) is 10.4 Å². The van der Waals surface area contributed by atoms with Crippen LogP contribution in [0.15, 0.2) is 24.3 Å². The predicted octanol–water partition coefficient (Wildman–Crippen LogP) is 4.10. The molecule has 98 valence electrons. The van der Waals surface area contributed by atoms with Crippen LogP contribution >= 0.6 is 11.6 Å². The molecular formula is C15H13ClFNO. The van der Waals surface area contributed by atoms with Gasteiger partial charge < -0.3 is 4.57 Å². The van der Waals surface area contributed by atoms with Crippen LogP contribution in [0.4, 0.5) is 4.39 Å². The molecule has 0 spiro atoms. The molecule has 0 saturated heterocycles. The van der Waals surface area contributed by atoms with Gasteiger partial charge in [0.05, 0.1) is 10.7 Å². The number of hydrogen-bond acceptors (Lipinski definition) is 1. The first-order chi connectivity index (χ1) is 9.08. The molecule has 0 fully saturated rings. The summed E-state index contributed by atoms with van der Waals surface area (Å²) in [6.45, 7) is 1.91. The van der Waals surface area contributed by atoms with Crippen molar-refractivity contribution >= 4 is 17.4 Å². The number of benzene rings is 1. The number of carbonyl (C=O) groups excluding carboxylic acids is 1. The molecule has 1 aliphatic rings. The van der Waals surface area contributed by atoms with E-state index in [0.717, 1.165) is 29.8 Å². The summed E-state index contributed by atoms with van der Waals surface area (Å²) in [6, 6.07) is 6.16. The summed E-state index contributed by atoms with van der Waals surface area (Å²) < 4.78 is 15.3. The zero-order valence-electron chi connectivity index (χ0n) is 10.5. The molecule has 4 heteroatoms. The third kappa shape index (κ3) is 1.98. The lowest BCUT2D eigenvalue weighted by atomic mass is 9.96. The van der Waals surface area contributed by atoms with Crippen LogP contribution in [0, 0.1) is 12.7 Å². The number of ketones is 1. The molecule has 1 aromatic heterocycles. The molecule has 19 heavy (non-hydrogen) atoms. The number of Topliss-reactive ketones (excluding diaryl/α,β-unsaturated/α-hetero) is 1. The molecule has 0 radical (unpaired) electrons. The van der Waals surface area contributed by atoms with Crippen LogP contribution in [0.1, 0.15) is 34.6 Å². The predicted molar refractivity (Wildman–Crippen MR) is 72.7 cm³/mol. The molecule has 2 aromatic rings. The maximum atomic E-state index is 13.4. The minimum Gasteiger partial charge on any atom is -0.316 e. The third-order valence-electron chi connectivity index (χ3n) is 3.55. The molecule has 0 saturated carbocycles. The van der Waals surface area contributed by atoms with Crippen molar-refractivity contribution in [1.29, 1.82) is 0 Å². The van der Waals surface area contributed by atoms with Gasteiger partial charge in [-0.15, -0.1) is 0 Å². The molecule has 1 aromatic carbocycles. The van der Waals surface area contributed by atoms with E-state index >= 15 is 0 Å². The number of aromatic nitrogens is 1. The summed E-state index contributed by atoms with van der Waals surface area (Å²) in [4.78, 5) is 11.9. The van der Waals surface area contributed by atoms with Crippen LogP contribution in [0.2, 0.25) is 5.02 Å². The van der Waals surface area contributed by atoms with Crippen LogP contribution in [-0.2, 0) is 6.42 Å². The third-order valence-corrected chi connectivity index (χ3v) is 3.87. The molecule has 2 nitrogen and oxygen atoms in total. The van der Waals surface area contributed by atoms with Gasteiger partial charge in [-0.2, -0.15) is 0 Å². The number of fused-ring (bicyclic) bond motifs is 1. The summed E-state index contributed by atoms with van der Waals surface area (Å²) in [6.07, 6.45) is 2.25. The van der Waals surface area contributed by atoms with Gasteiger partial charge in [0.2, 0.25) is 0 Å². The van der Waals surface area contributed by atoms with E-state index in [1.54, 1.807) is 6.07 Å². The molecular weight excluding hydrogens is 265 g/mol. The van der Waals surface area contributed by atoms with Gasteiger partial charge in [-0.3, -0.25) is 4.79 Å². The van der Waals surface area contributed by atoms with Crippen molar-refractivity contribution in [3.8, 4) is 5.69 Å². The standard InChI is InChI=1S/C15H13ClFNO/c1-9-7-11-13(3-2-4-15(11)19)18(9)14-8-10(17)5-6-12(14)16/h5-8H,2-4H2,1H3. The van der Waals surface area contributed by atoms with Gasteiger partial charge in [0.15, 0.2) is 5.78 Å². The first-order valence-corrected chi connectivity index (χ1v) is 6.65. The van der Waals surface area contributed by atoms with Gasteiger partial charge in [0.25, 0.3) is 0 Å². The summed E-state index contributed by atoms with van der Waals surface area (Å²) >= 11 is 6.17. The second-order valence-electron chi connectivity index (χ2n) is 4.85. The molecule has 0 bridgehead atoms. The average molecular weight is 278 g/mol. The summed E-state index contributed by atoms with van der Waals surface area (Å²) in [5, 5.41) is 0.487. The minimum atomic E-state index is -0.330. The fourth-order valence-corrected chi connectivity index (χ4v) is 2.92. The molecule has 0 amide bonds. The van der Waals surface area contributed by atoms with E-state index in [2.05, 4.69) is 0 Å². The van der Waals surface area contributed by atoms with Crippen molar-refractivity contribution in [3.63, 3.8) is 0 Å². The molecule has 0 N–H and O–H groups in total. The van der Waals surface area contributed by atoms with Crippen molar-refractivity contribution in [2.24, 2.45) is 0 Å². The summed E-state index contributed by atoms with van der Waals surface area (Å²) in [5.41, 5.74) is 3.22. The fourth-order valence-electron chi connectivity index (χ4n) is 2.72. The number of halogens is 2. The Labute approximate surface area is 115 Å². The van der Waals surface area contributed by atoms with Crippen LogP contribution in [0.3, 0.4) is 0 Å². The highest BCUT2D eigenvalue weighted by molar-refractivity contribution is 6.32. The van der Waals surface area contributed by atoms with Gasteiger partial charge >= 0.3 is 0 Å². The molecule has 1 aliphatic carbocycles. The zero-order chi connectivity index (χ0) is 13.6. The number of aryl methyl sites for hydroxylation is 1. The minimum absolute atomic E-state index is 0.163. The van der Waals surface area contributed by atoms with Crippen molar-refractivity contribution in [2.45, 2.75) is 26.2 Å².